The SMILES string of the molecule is CCOC(=O)c1cccc(C(=O)Nc2c(C)cc(C)cc2Cl)n1. The van der Waals surface area contributed by atoms with E-state index in [9.17, 15) is 9.59 Å². The highest BCUT2D eigenvalue weighted by atomic mass is 35.5. The Hall–Kier alpha value is -2.40. The highest BCUT2D eigenvalue weighted by molar-refractivity contribution is 6.34. The molecule has 23 heavy (non-hydrogen) atoms. The number of anilines is 1. The van der Waals surface area contributed by atoms with Crippen molar-refractivity contribution in [2.24, 2.45) is 0 Å². The lowest BCUT2D eigenvalue weighted by atomic mass is 10.1. The number of benzene rings is 1. The fourth-order valence-electron chi connectivity index (χ4n) is 2.13. The number of halogens is 1. The molecule has 1 aromatic carbocycles. The Kier molecular flexibility index (Phi) is 5.34. The molecule has 1 heterocycles. The third kappa shape index (κ3) is 4.07. The Morgan fingerprint density at radius 1 is 1.22 bits per heavy atom. The molecule has 0 atom stereocenters. The van der Waals surface area contributed by atoms with Crippen LogP contribution in [0.2, 0.25) is 5.02 Å². The van der Waals surface area contributed by atoms with E-state index in [-0.39, 0.29) is 18.0 Å². The quantitative estimate of drug-likeness (QED) is 0.865. The van der Waals surface area contributed by atoms with Gasteiger partial charge in [0.2, 0.25) is 0 Å². The van der Waals surface area contributed by atoms with Crippen molar-refractivity contribution in [2.75, 3.05) is 11.9 Å². The minimum atomic E-state index is -0.563. The highest BCUT2D eigenvalue weighted by Crippen LogP contribution is 2.27. The van der Waals surface area contributed by atoms with Gasteiger partial charge in [-0.1, -0.05) is 23.7 Å². The second-order valence-corrected chi connectivity index (χ2v) is 5.43. The summed E-state index contributed by atoms with van der Waals surface area (Å²) in [7, 11) is 0. The minimum Gasteiger partial charge on any atom is -0.461 e. The van der Waals surface area contributed by atoms with Crippen LogP contribution in [-0.2, 0) is 4.74 Å². The number of aromatic nitrogens is 1. The van der Waals surface area contributed by atoms with Gasteiger partial charge in [-0.15, -0.1) is 0 Å². The smallest absolute Gasteiger partial charge is 0.356 e. The Labute approximate surface area is 139 Å². The number of nitrogens with one attached hydrogen (secondary N) is 1. The molecule has 0 aliphatic carbocycles. The van der Waals surface area contributed by atoms with Gasteiger partial charge in [-0.25, -0.2) is 9.78 Å². The second-order valence-electron chi connectivity index (χ2n) is 5.02. The summed E-state index contributed by atoms with van der Waals surface area (Å²) >= 11 is 6.18. The van der Waals surface area contributed by atoms with E-state index in [0.29, 0.717) is 10.7 Å². The van der Waals surface area contributed by atoms with E-state index in [1.54, 1.807) is 19.1 Å². The van der Waals surface area contributed by atoms with Crippen LogP contribution >= 0.6 is 11.6 Å². The van der Waals surface area contributed by atoms with Crippen LogP contribution in [0.3, 0.4) is 0 Å². The van der Waals surface area contributed by atoms with Crippen molar-refractivity contribution in [1.82, 2.24) is 4.98 Å². The summed E-state index contributed by atoms with van der Waals surface area (Å²) in [6.07, 6.45) is 0. The molecule has 0 spiro atoms. The van der Waals surface area contributed by atoms with Crippen molar-refractivity contribution in [3.63, 3.8) is 0 Å². The minimum absolute atomic E-state index is 0.0891. The van der Waals surface area contributed by atoms with Crippen LogP contribution in [0.15, 0.2) is 30.3 Å². The van der Waals surface area contributed by atoms with Crippen molar-refractivity contribution in [2.45, 2.75) is 20.8 Å². The molecule has 1 N–H and O–H groups in total. The van der Waals surface area contributed by atoms with Crippen LogP contribution < -0.4 is 5.32 Å². The predicted octanol–water partition coefficient (Wildman–Crippen LogP) is 3.78. The van der Waals surface area contributed by atoms with E-state index in [0.717, 1.165) is 11.1 Å². The molecule has 0 fully saturated rings. The Balaban J connectivity index is 2.25. The third-order valence-electron chi connectivity index (χ3n) is 3.14. The molecule has 1 amide bonds. The summed E-state index contributed by atoms with van der Waals surface area (Å²) in [6, 6.07) is 8.29. The van der Waals surface area contributed by atoms with Gasteiger partial charge in [-0.05, 0) is 50.1 Å². The maximum absolute atomic E-state index is 12.4. The molecule has 120 valence electrons. The topological polar surface area (TPSA) is 68.3 Å². The Bertz CT molecular complexity index is 736. The van der Waals surface area contributed by atoms with Gasteiger partial charge >= 0.3 is 5.97 Å². The monoisotopic (exact) mass is 332 g/mol. The number of amides is 1. The van der Waals surface area contributed by atoms with Gasteiger partial charge in [0, 0.05) is 0 Å². The van der Waals surface area contributed by atoms with Crippen molar-refractivity contribution >= 4 is 29.2 Å². The molecule has 2 rings (SSSR count). The standard InChI is InChI=1S/C17H17ClN2O3/c1-4-23-17(22)14-7-5-6-13(19-14)16(21)20-15-11(3)8-10(2)9-12(15)18/h5-9H,4H2,1-3H3,(H,20,21). The lowest BCUT2D eigenvalue weighted by Gasteiger charge is -2.11. The van der Waals surface area contributed by atoms with Gasteiger partial charge in [0.25, 0.3) is 5.91 Å². The van der Waals surface area contributed by atoms with Crippen molar-refractivity contribution in [1.29, 1.82) is 0 Å². The van der Waals surface area contributed by atoms with Crippen LogP contribution in [0.5, 0.6) is 0 Å². The summed E-state index contributed by atoms with van der Waals surface area (Å²) in [5.74, 6) is -1.00. The first kappa shape index (κ1) is 17.0. The molecular weight excluding hydrogens is 316 g/mol. The number of ether oxygens (including phenoxy) is 1. The molecular formula is C17H17ClN2O3. The molecule has 0 radical (unpaired) electrons. The maximum Gasteiger partial charge on any atom is 0.356 e. The third-order valence-corrected chi connectivity index (χ3v) is 3.43. The average Bonchev–Trinajstić information content (AvgIpc) is 2.51. The lowest BCUT2D eigenvalue weighted by molar-refractivity contribution is 0.0519. The first-order valence-corrected chi connectivity index (χ1v) is 7.52. The number of rotatable bonds is 4. The second kappa shape index (κ2) is 7.24. The van der Waals surface area contributed by atoms with Crippen LogP contribution in [0.25, 0.3) is 0 Å². The highest BCUT2D eigenvalue weighted by Gasteiger charge is 2.15. The zero-order valence-corrected chi connectivity index (χ0v) is 13.9. The predicted molar refractivity (Wildman–Crippen MR) is 89.1 cm³/mol. The molecule has 2 aromatic rings. The number of aryl methyl sites for hydroxylation is 2. The fourth-order valence-corrected chi connectivity index (χ4v) is 2.50. The summed E-state index contributed by atoms with van der Waals surface area (Å²) in [5, 5.41) is 3.19. The van der Waals surface area contributed by atoms with E-state index in [1.807, 2.05) is 19.9 Å². The Morgan fingerprint density at radius 2 is 1.91 bits per heavy atom. The van der Waals surface area contributed by atoms with E-state index in [4.69, 9.17) is 16.3 Å². The molecule has 0 saturated heterocycles. The van der Waals surface area contributed by atoms with Crippen molar-refractivity contribution in [3.05, 3.63) is 57.9 Å². The molecule has 0 saturated carbocycles. The Morgan fingerprint density at radius 3 is 2.57 bits per heavy atom. The molecule has 0 aliphatic rings. The number of hydrogen-bond acceptors (Lipinski definition) is 4. The van der Waals surface area contributed by atoms with Gasteiger partial charge in [0.05, 0.1) is 17.3 Å². The first-order valence-electron chi connectivity index (χ1n) is 7.14. The molecule has 1 aromatic heterocycles. The van der Waals surface area contributed by atoms with Gasteiger partial charge in [-0.2, -0.15) is 0 Å². The number of esters is 1. The molecule has 0 unspecified atom stereocenters. The van der Waals surface area contributed by atoms with Gasteiger partial charge < -0.3 is 10.1 Å². The maximum atomic E-state index is 12.4. The van der Waals surface area contributed by atoms with Crippen LogP contribution in [0, 0.1) is 13.8 Å². The normalized spacial score (nSPS) is 10.3. The fraction of sp³-hybridized carbons (Fsp3) is 0.235. The van der Waals surface area contributed by atoms with Crippen LogP contribution in [0.1, 0.15) is 39.0 Å². The summed E-state index contributed by atoms with van der Waals surface area (Å²) in [4.78, 5) is 28.1. The van der Waals surface area contributed by atoms with E-state index in [1.165, 1.54) is 12.1 Å². The van der Waals surface area contributed by atoms with Crippen LogP contribution in [-0.4, -0.2) is 23.5 Å². The van der Waals surface area contributed by atoms with E-state index >= 15 is 0 Å². The largest absolute Gasteiger partial charge is 0.461 e. The zero-order chi connectivity index (χ0) is 17.0. The average molecular weight is 333 g/mol. The lowest BCUT2D eigenvalue weighted by Crippen LogP contribution is -2.17. The summed E-state index contributed by atoms with van der Waals surface area (Å²) in [5.41, 5.74) is 2.60. The number of carbonyl (C=O) groups excluding carboxylic acids is 2. The van der Waals surface area contributed by atoms with Crippen LogP contribution in [0.4, 0.5) is 5.69 Å². The van der Waals surface area contributed by atoms with Gasteiger partial charge in [0.1, 0.15) is 11.4 Å². The number of nitrogens with zero attached hydrogens (tertiary/aromatic N) is 1. The molecule has 6 heteroatoms. The zero-order valence-electron chi connectivity index (χ0n) is 13.1. The van der Waals surface area contributed by atoms with Gasteiger partial charge in [0.15, 0.2) is 0 Å². The number of carbonyl (C=O) groups is 2. The number of pyridine rings is 1. The summed E-state index contributed by atoms with van der Waals surface area (Å²) < 4.78 is 4.88. The van der Waals surface area contributed by atoms with Gasteiger partial charge in [-0.3, -0.25) is 4.79 Å². The first-order chi connectivity index (χ1) is 10.9. The van der Waals surface area contributed by atoms with E-state index < -0.39 is 11.9 Å². The molecule has 5 nitrogen and oxygen atoms in total. The summed E-state index contributed by atoms with van der Waals surface area (Å²) in [6.45, 7) is 5.73. The van der Waals surface area contributed by atoms with Crippen molar-refractivity contribution < 1.29 is 14.3 Å². The van der Waals surface area contributed by atoms with E-state index in [2.05, 4.69) is 10.3 Å². The molecule has 0 bridgehead atoms. The molecule has 0 aliphatic heterocycles. The van der Waals surface area contributed by atoms with Crippen molar-refractivity contribution in [3.8, 4) is 0 Å². The number of hydrogen-bond donors (Lipinski definition) is 1.